The molecule has 0 aliphatic carbocycles. The highest BCUT2D eigenvalue weighted by molar-refractivity contribution is 7.93. The molecule has 2 aromatic carbocycles. The number of likely N-dealkylation sites (tertiary alicyclic amines) is 1. The lowest BCUT2D eigenvalue weighted by Gasteiger charge is -2.31. The lowest BCUT2D eigenvalue weighted by molar-refractivity contribution is -0.120. The number of rotatable bonds is 8. The second-order valence-electron chi connectivity index (χ2n) is 8.13. The van der Waals surface area contributed by atoms with Crippen LogP contribution in [0.25, 0.3) is 0 Å². The summed E-state index contributed by atoms with van der Waals surface area (Å²) in [6.07, 6.45) is 1.63. The average molecular weight is 496 g/mol. The van der Waals surface area contributed by atoms with Crippen LogP contribution in [0, 0.1) is 6.92 Å². The van der Waals surface area contributed by atoms with Gasteiger partial charge in [0, 0.05) is 6.04 Å². The predicted octanol–water partition coefficient (Wildman–Crippen LogP) is 3.07. The van der Waals surface area contributed by atoms with E-state index in [-0.39, 0.29) is 33.3 Å². The Hall–Kier alpha value is -2.49. The Labute approximate surface area is 200 Å². The van der Waals surface area contributed by atoms with Gasteiger partial charge in [-0.3, -0.25) is 9.10 Å². The zero-order valence-electron chi connectivity index (χ0n) is 19.3. The summed E-state index contributed by atoms with van der Waals surface area (Å²) >= 11 is 6.28. The number of piperidine rings is 1. The largest absolute Gasteiger partial charge is 0.495 e. The van der Waals surface area contributed by atoms with Crippen LogP contribution in [-0.2, 0) is 14.8 Å². The van der Waals surface area contributed by atoms with E-state index < -0.39 is 16.6 Å². The number of anilines is 1. The third-order valence-corrected chi connectivity index (χ3v) is 7.77. The highest BCUT2D eigenvalue weighted by atomic mass is 35.5. The average Bonchev–Trinajstić information content (AvgIpc) is 2.79. The van der Waals surface area contributed by atoms with Crippen molar-refractivity contribution < 1.29 is 22.7 Å². The maximum atomic E-state index is 13.8. The van der Waals surface area contributed by atoms with Gasteiger partial charge in [-0.2, -0.15) is 0 Å². The summed E-state index contributed by atoms with van der Waals surface area (Å²) in [5.74, 6) is 0.217. The molecule has 1 saturated heterocycles. The van der Waals surface area contributed by atoms with E-state index in [9.17, 15) is 13.2 Å². The second-order valence-corrected chi connectivity index (χ2v) is 10.4. The first-order valence-electron chi connectivity index (χ1n) is 10.6. The van der Waals surface area contributed by atoms with Gasteiger partial charge < -0.3 is 19.7 Å². The molecule has 1 aliphatic rings. The number of nitrogens with one attached hydrogen (secondary N) is 1. The fourth-order valence-corrected chi connectivity index (χ4v) is 5.69. The van der Waals surface area contributed by atoms with E-state index in [0.29, 0.717) is 5.75 Å². The number of sulfonamides is 1. The van der Waals surface area contributed by atoms with E-state index in [1.54, 1.807) is 31.2 Å². The number of amides is 1. The second kappa shape index (κ2) is 10.6. The molecular weight excluding hydrogens is 466 g/mol. The Morgan fingerprint density at radius 2 is 1.76 bits per heavy atom. The molecule has 0 radical (unpaired) electrons. The molecule has 1 amide bonds. The third kappa shape index (κ3) is 5.90. The molecule has 180 valence electrons. The highest BCUT2D eigenvalue weighted by Crippen LogP contribution is 2.34. The molecular formula is C23H30ClN3O5S. The van der Waals surface area contributed by atoms with E-state index in [1.807, 2.05) is 7.05 Å². The van der Waals surface area contributed by atoms with E-state index >= 15 is 0 Å². The summed E-state index contributed by atoms with van der Waals surface area (Å²) < 4.78 is 39.1. The molecule has 10 heteroatoms. The van der Waals surface area contributed by atoms with Crippen molar-refractivity contribution >= 4 is 33.2 Å². The molecule has 0 bridgehead atoms. The van der Waals surface area contributed by atoms with Crippen molar-refractivity contribution in [2.24, 2.45) is 0 Å². The molecule has 2 aromatic rings. The van der Waals surface area contributed by atoms with Crippen LogP contribution in [0.2, 0.25) is 5.02 Å². The molecule has 0 unspecified atom stereocenters. The SMILES string of the molecule is COc1ccc(N(CC(=O)NC2CCN(C)CC2)S(=O)(=O)c2cc(C)ccc2OC)cc1Cl. The summed E-state index contributed by atoms with van der Waals surface area (Å²) in [5.41, 5.74) is 1.00. The van der Waals surface area contributed by atoms with Crippen LogP contribution in [0.3, 0.4) is 0 Å². The van der Waals surface area contributed by atoms with Crippen molar-refractivity contribution in [1.82, 2.24) is 10.2 Å². The van der Waals surface area contributed by atoms with Gasteiger partial charge in [-0.05, 0) is 75.8 Å². The van der Waals surface area contributed by atoms with Gasteiger partial charge in [-0.1, -0.05) is 17.7 Å². The van der Waals surface area contributed by atoms with Gasteiger partial charge in [0.2, 0.25) is 5.91 Å². The number of hydrogen-bond acceptors (Lipinski definition) is 6. The van der Waals surface area contributed by atoms with Gasteiger partial charge >= 0.3 is 0 Å². The maximum Gasteiger partial charge on any atom is 0.268 e. The first kappa shape index (κ1) is 25.1. The van der Waals surface area contributed by atoms with Gasteiger partial charge in [0.25, 0.3) is 10.0 Å². The minimum absolute atomic E-state index is 0.00575. The molecule has 0 aromatic heterocycles. The number of aryl methyl sites for hydroxylation is 1. The van der Waals surface area contributed by atoms with Gasteiger partial charge in [0.1, 0.15) is 22.9 Å². The summed E-state index contributed by atoms with van der Waals surface area (Å²) in [7, 11) is 0.758. The zero-order chi connectivity index (χ0) is 24.2. The number of carbonyl (C=O) groups excluding carboxylic acids is 1. The van der Waals surface area contributed by atoms with Crippen LogP contribution < -0.4 is 19.1 Å². The van der Waals surface area contributed by atoms with Crippen molar-refractivity contribution in [2.45, 2.75) is 30.7 Å². The molecule has 3 rings (SSSR count). The van der Waals surface area contributed by atoms with Crippen molar-refractivity contribution in [2.75, 3.05) is 45.2 Å². The number of ether oxygens (including phenoxy) is 2. The van der Waals surface area contributed by atoms with Crippen LogP contribution in [0.4, 0.5) is 5.69 Å². The highest BCUT2D eigenvalue weighted by Gasteiger charge is 2.31. The van der Waals surface area contributed by atoms with Crippen molar-refractivity contribution in [3.63, 3.8) is 0 Å². The van der Waals surface area contributed by atoms with E-state index in [0.717, 1.165) is 35.8 Å². The van der Waals surface area contributed by atoms with E-state index in [1.165, 1.54) is 26.4 Å². The maximum absolute atomic E-state index is 13.8. The molecule has 1 aliphatic heterocycles. The summed E-state index contributed by atoms with van der Waals surface area (Å²) in [4.78, 5) is 15.1. The minimum Gasteiger partial charge on any atom is -0.495 e. The van der Waals surface area contributed by atoms with Crippen molar-refractivity contribution in [1.29, 1.82) is 0 Å². The van der Waals surface area contributed by atoms with E-state index in [4.69, 9.17) is 21.1 Å². The molecule has 1 N–H and O–H groups in total. The Balaban J connectivity index is 1.97. The Bertz CT molecular complexity index is 1100. The standard InChI is InChI=1S/C23H30ClN3O5S/c1-16-5-7-21(32-4)22(13-16)33(29,30)27(18-6-8-20(31-3)19(24)14-18)15-23(28)25-17-9-11-26(2)12-10-17/h5-8,13-14,17H,9-12,15H2,1-4H3,(H,25,28). The molecule has 0 spiro atoms. The molecule has 0 atom stereocenters. The third-order valence-electron chi connectivity index (χ3n) is 5.68. The van der Waals surface area contributed by atoms with Gasteiger partial charge in [0.15, 0.2) is 0 Å². The van der Waals surface area contributed by atoms with Crippen molar-refractivity contribution in [3.8, 4) is 11.5 Å². The molecule has 8 nitrogen and oxygen atoms in total. The minimum atomic E-state index is -4.16. The smallest absolute Gasteiger partial charge is 0.268 e. The molecule has 0 saturated carbocycles. The quantitative estimate of drug-likeness (QED) is 0.605. The van der Waals surface area contributed by atoms with Crippen LogP contribution in [0.15, 0.2) is 41.3 Å². The fraction of sp³-hybridized carbons (Fsp3) is 0.435. The lowest BCUT2D eigenvalue weighted by Crippen LogP contribution is -2.47. The van der Waals surface area contributed by atoms with Gasteiger partial charge in [-0.25, -0.2) is 8.42 Å². The summed E-state index contributed by atoms with van der Waals surface area (Å²) in [5, 5.41) is 3.22. The monoisotopic (exact) mass is 495 g/mol. The lowest BCUT2D eigenvalue weighted by atomic mass is 10.1. The van der Waals surface area contributed by atoms with Crippen LogP contribution >= 0.6 is 11.6 Å². The summed E-state index contributed by atoms with van der Waals surface area (Å²) in [6.45, 7) is 3.15. The molecule has 33 heavy (non-hydrogen) atoms. The number of nitrogens with zero attached hydrogens (tertiary/aromatic N) is 2. The van der Waals surface area contributed by atoms with Gasteiger partial charge in [0.05, 0.1) is 24.9 Å². The first-order valence-corrected chi connectivity index (χ1v) is 12.5. The number of carbonyl (C=O) groups is 1. The molecule has 1 heterocycles. The number of benzene rings is 2. The van der Waals surface area contributed by atoms with E-state index in [2.05, 4.69) is 10.2 Å². The molecule has 1 fully saturated rings. The topological polar surface area (TPSA) is 88.2 Å². The zero-order valence-corrected chi connectivity index (χ0v) is 20.9. The van der Waals surface area contributed by atoms with Crippen LogP contribution in [0.5, 0.6) is 11.5 Å². The number of methoxy groups -OCH3 is 2. The Kier molecular flexibility index (Phi) is 8.10. The first-order chi connectivity index (χ1) is 15.6. The normalized spacial score (nSPS) is 15.2. The number of hydrogen-bond donors (Lipinski definition) is 1. The number of halogens is 1. The predicted molar refractivity (Wildman–Crippen MR) is 129 cm³/mol. The van der Waals surface area contributed by atoms with Crippen LogP contribution in [0.1, 0.15) is 18.4 Å². The van der Waals surface area contributed by atoms with Crippen molar-refractivity contribution in [3.05, 3.63) is 47.0 Å². The van der Waals surface area contributed by atoms with Gasteiger partial charge in [-0.15, -0.1) is 0 Å². The summed E-state index contributed by atoms with van der Waals surface area (Å²) in [6, 6.07) is 9.51. The fourth-order valence-electron chi connectivity index (χ4n) is 3.79. The Morgan fingerprint density at radius 3 is 2.36 bits per heavy atom. The van der Waals surface area contributed by atoms with Crippen LogP contribution in [-0.4, -0.2) is 66.2 Å². The Morgan fingerprint density at radius 1 is 1.12 bits per heavy atom.